The molecule has 1 heterocycles. The molecule has 2 unspecified atom stereocenters. The van der Waals surface area contributed by atoms with E-state index in [1.165, 1.54) is 12.8 Å². The molecule has 2 nitrogen and oxygen atoms in total. The molecular weight excluding hydrogens is 135 g/mol. The Morgan fingerprint density at radius 1 is 1.56 bits per heavy atom. The number of ether oxygens (including phenoxy) is 1. The highest BCUT2D eigenvalue weighted by Gasteiger charge is 2.12. The topological polar surface area (TPSA) is 18.5 Å². The van der Waals surface area contributed by atoms with Crippen molar-refractivity contribution in [2.24, 2.45) is 0 Å². The number of rotatable bonds is 2. The van der Waals surface area contributed by atoms with Gasteiger partial charge in [0.1, 0.15) is 0 Å². The van der Waals surface area contributed by atoms with Crippen molar-refractivity contribution in [3.63, 3.8) is 0 Å². The van der Waals surface area contributed by atoms with Gasteiger partial charge in [0.2, 0.25) is 0 Å². The standard InChI is InChI=1S/C6H13O2P/c9-8-5-6-3-1-2-4-7-6/h6H,1-5,9H2. The van der Waals surface area contributed by atoms with E-state index in [0.29, 0.717) is 6.10 Å². The van der Waals surface area contributed by atoms with Gasteiger partial charge in [0.25, 0.3) is 0 Å². The number of hydrogen-bond acceptors (Lipinski definition) is 2. The lowest BCUT2D eigenvalue weighted by Crippen LogP contribution is -2.22. The van der Waals surface area contributed by atoms with E-state index in [1.807, 2.05) is 0 Å². The zero-order valence-corrected chi connectivity index (χ0v) is 6.66. The monoisotopic (exact) mass is 148 g/mol. The van der Waals surface area contributed by atoms with E-state index in [-0.39, 0.29) is 0 Å². The third-order valence-corrected chi connectivity index (χ3v) is 1.75. The second kappa shape index (κ2) is 4.21. The SMILES string of the molecule is POCC1CCCCO1. The first kappa shape index (κ1) is 7.46. The van der Waals surface area contributed by atoms with Crippen molar-refractivity contribution in [3.8, 4) is 0 Å². The quantitative estimate of drug-likeness (QED) is 0.550. The van der Waals surface area contributed by atoms with Crippen LogP contribution in [-0.2, 0) is 9.26 Å². The van der Waals surface area contributed by atoms with Gasteiger partial charge in [-0.3, -0.25) is 0 Å². The van der Waals surface area contributed by atoms with Gasteiger partial charge in [0, 0.05) is 16.1 Å². The van der Waals surface area contributed by atoms with Gasteiger partial charge in [0.05, 0.1) is 12.7 Å². The maximum Gasteiger partial charge on any atom is 0.0811 e. The smallest absolute Gasteiger partial charge is 0.0811 e. The molecule has 1 fully saturated rings. The van der Waals surface area contributed by atoms with Gasteiger partial charge < -0.3 is 9.26 Å². The molecule has 1 aliphatic rings. The molecule has 0 aromatic carbocycles. The first-order chi connectivity index (χ1) is 4.43. The molecule has 1 aliphatic heterocycles. The van der Waals surface area contributed by atoms with Crippen molar-refractivity contribution in [2.75, 3.05) is 13.2 Å². The molecule has 0 N–H and O–H groups in total. The molecule has 0 spiro atoms. The summed E-state index contributed by atoms with van der Waals surface area (Å²) in [4.78, 5) is 0. The Balaban J connectivity index is 2.08. The van der Waals surface area contributed by atoms with Gasteiger partial charge in [-0.05, 0) is 19.3 Å². The summed E-state index contributed by atoms with van der Waals surface area (Å²) in [7, 11) is 2.25. The van der Waals surface area contributed by atoms with E-state index in [0.717, 1.165) is 19.6 Å². The minimum atomic E-state index is 0.358. The second-order valence-electron chi connectivity index (χ2n) is 2.32. The summed E-state index contributed by atoms with van der Waals surface area (Å²) in [5.41, 5.74) is 0. The van der Waals surface area contributed by atoms with Crippen LogP contribution in [-0.4, -0.2) is 19.3 Å². The van der Waals surface area contributed by atoms with Gasteiger partial charge in [-0.1, -0.05) is 0 Å². The molecule has 1 rings (SSSR count). The van der Waals surface area contributed by atoms with E-state index in [9.17, 15) is 0 Å². The molecule has 0 aromatic heterocycles. The van der Waals surface area contributed by atoms with Crippen LogP contribution in [0.25, 0.3) is 0 Å². The van der Waals surface area contributed by atoms with E-state index in [4.69, 9.17) is 9.26 Å². The maximum atomic E-state index is 5.38. The molecule has 0 bridgehead atoms. The molecular formula is C6H13O2P. The molecule has 0 radical (unpaired) electrons. The highest BCUT2D eigenvalue weighted by molar-refractivity contribution is 7.09. The van der Waals surface area contributed by atoms with Crippen molar-refractivity contribution in [1.29, 1.82) is 0 Å². The van der Waals surface area contributed by atoms with Crippen LogP contribution >= 0.6 is 9.47 Å². The average Bonchev–Trinajstić information content (AvgIpc) is 1.91. The molecule has 0 amide bonds. The summed E-state index contributed by atoms with van der Waals surface area (Å²) in [6, 6.07) is 0. The number of hydrogen-bond donors (Lipinski definition) is 0. The first-order valence-corrected chi connectivity index (χ1v) is 3.84. The molecule has 54 valence electrons. The summed E-state index contributed by atoms with van der Waals surface area (Å²) in [5.74, 6) is 0. The zero-order valence-electron chi connectivity index (χ0n) is 5.51. The lowest BCUT2D eigenvalue weighted by atomic mass is 10.1. The van der Waals surface area contributed by atoms with Crippen LogP contribution in [0.5, 0.6) is 0 Å². The Kier molecular flexibility index (Phi) is 3.49. The fourth-order valence-electron chi connectivity index (χ4n) is 1.05. The lowest BCUT2D eigenvalue weighted by molar-refractivity contribution is -0.00735. The predicted molar refractivity (Wildman–Crippen MR) is 39.3 cm³/mol. The molecule has 0 aromatic rings. The van der Waals surface area contributed by atoms with Crippen molar-refractivity contribution in [1.82, 2.24) is 0 Å². The third kappa shape index (κ3) is 2.61. The van der Waals surface area contributed by atoms with Gasteiger partial charge in [-0.2, -0.15) is 0 Å². The third-order valence-electron chi connectivity index (χ3n) is 1.56. The fraction of sp³-hybridized carbons (Fsp3) is 1.00. The predicted octanol–water partition coefficient (Wildman–Crippen LogP) is 1.36. The van der Waals surface area contributed by atoms with E-state index in [2.05, 4.69) is 9.47 Å². The Labute approximate surface area is 58.2 Å². The van der Waals surface area contributed by atoms with Crippen LogP contribution in [0.3, 0.4) is 0 Å². The van der Waals surface area contributed by atoms with Crippen LogP contribution < -0.4 is 0 Å². The maximum absolute atomic E-state index is 5.38. The Hall–Kier alpha value is 0.350. The summed E-state index contributed by atoms with van der Waals surface area (Å²) < 4.78 is 10.3. The van der Waals surface area contributed by atoms with Gasteiger partial charge in [-0.25, -0.2) is 0 Å². The average molecular weight is 148 g/mol. The molecule has 0 aliphatic carbocycles. The van der Waals surface area contributed by atoms with Crippen LogP contribution in [0.15, 0.2) is 0 Å². The zero-order chi connectivity index (χ0) is 6.53. The van der Waals surface area contributed by atoms with Crippen LogP contribution in [0.1, 0.15) is 19.3 Å². The normalized spacial score (nSPS) is 28.3. The Morgan fingerprint density at radius 2 is 2.44 bits per heavy atom. The van der Waals surface area contributed by atoms with Crippen molar-refractivity contribution in [2.45, 2.75) is 25.4 Å². The van der Waals surface area contributed by atoms with Crippen molar-refractivity contribution >= 4 is 9.47 Å². The van der Waals surface area contributed by atoms with Crippen LogP contribution in [0.4, 0.5) is 0 Å². The van der Waals surface area contributed by atoms with Crippen LogP contribution in [0, 0.1) is 0 Å². The lowest BCUT2D eigenvalue weighted by Gasteiger charge is -2.21. The molecule has 1 saturated heterocycles. The second-order valence-corrected chi connectivity index (χ2v) is 2.66. The minimum absolute atomic E-state index is 0.358. The minimum Gasteiger partial charge on any atom is -0.376 e. The highest BCUT2D eigenvalue weighted by Crippen LogP contribution is 2.13. The largest absolute Gasteiger partial charge is 0.376 e. The first-order valence-electron chi connectivity index (χ1n) is 3.37. The molecule has 0 saturated carbocycles. The van der Waals surface area contributed by atoms with Crippen molar-refractivity contribution in [3.05, 3.63) is 0 Å². The Bertz CT molecular complexity index is 68.7. The summed E-state index contributed by atoms with van der Waals surface area (Å²) >= 11 is 0. The molecule has 9 heavy (non-hydrogen) atoms. The van der Waals surface area contributed by atoms with E-state index >= 15 is 0 Å². The van der Waals surface area contributed by atoms with Gasteiger partial charge >= 0.3 is 0 Å². The summed E-state index contributed by atoms with van der Waals surface area (Å²) in [6.45, 7) is 1.64. The molecule has 2 atom stereocenters. The van der Waals surface area contributed by atoms with Crippen LogP contribution in [0.2, 0.25) is 0 Å². The highest BCUT2D eigenvalue weighted by atomic mass is 31.0. The Morgan fingerprint density at radius 3 is 3.00 bits per heavy atom. The molecule has 3 heteroatoms. The van der Waals surface area contributed by atoms with E-state index < -0.39 is 0 Å². The fourth-order valence-corrected chi connectivity index (χ4v) is 1.26. The summed E-state index contributed by atoms with van der Waals surface area (Å²) in [5, 5.41) is 0. The van der Waals surface area contributed by atoms with Gasteiger partial charge in [0.15, 0.2) is 0 Å². The van der Waals surface area contributed by atoms with Crippen molar-refractivity contribution < 1.29 is 9.26 Å². The van der Waals surface area contributed by atoms with E-state index in [1.54, 1.807) is 0 Å². The summed E-state index contributed by atoms with van der Waals surface area (Å²) in [6.07, 6.45) is 4.02. The van der Waals surface area contributed by atoms with Gasteiger partial charge in [-0.15, -0.1) is 0 Å².